The largest absolute Gasteiger partial charge is 0.378 e. The van der Waals surface area contributed by atoms with E-state index in [0.717, 1.165) is 22.5 Å². The van der Waals surface area contributed by atoms with Crippen molar-refractivity contribution in [3.63, 3.8) is 0 Å². The topological polar surface area (TPSA) is 38.1 Å². The van der Waals surface area contributed by atoms with Crippen molar-refractivity contribution in [1.82, 2.24) is 9.55 Å². The molecule has 0 aliphatic heterocycles. The lowest BCUT2D eigenvalue weighted by Crippen LogP contribution is -2.22. The second-order valence-electron chi connectivity index (χ2n) is 6.82. The lowest BCUT2D eigenvalue weighted by atomic mass is 10.1. The van der Waals surface area contributed by atoms with Crippen LogP contribution in [0, 0.1) is 6.92 Å². The maximum Gasteiger partial charge on any atom is 0.266 e. The number of rotatable bonds is 3. The third-order valence-corrected chi connectivity index (χ3v) is 4.77. The van der Waals surface area contributed by atoms with Gasteiger partial charge in [0.1, 0.15) is 5.82 Å². The zero-order valence-electron chi connectivity index (χ0n) is 15.7. The Morgan fingerprint density at radius 1 is 0.852 bits per heavy atom. The molecular formula is C23H21N3O. The molecule has 0 unspecified atom stereocenters. The number of para-hydroxylation sites is 2. The Balaban J connectivity index is 2.05. The van der Waals surface area contributed by atoms with E-state index in [9.17, 15) is 4.79 Å². The molecule has 0 spiro atoms. The van der Waals surface area contributed by atoms with Gasteiger partial charge in [-0.15, -0.1) is 0 Å². The lowest BCUT2D eigenvalue weighted by molar-refractivity contribution is 0.965. The Kier molecular flexibility index (Phi) is 4.24. The first-order chi connectivity index (χ1) is 13.1. The minimum Gasteiger partial charge on any atom is -0.378 e. The number of fused-ring (bicyclic) bond motifs is 1. The predicted octanol–water partition coefficient (Wildman–Crippen LogP) is 4.43. The van der Waals surface area contributed by atoms with Gasteiger partial charge >= 0.3 is 0 Å². The highest BCUT2D eigenvalue weighted by atomic mass is 16.1. The molecule has 4 nitrogen and oxygen atoms in total. The van der Waals surface area contributed by atoms with Crippen LogP contribution in [0.15, 0.2) is 77.6 Å². The van der Waals surface area contributed by atoms with Gasteiger partial charge in [-0.1, -0.05) is 30.3 Å². The number of aromatic nitrogens is 2. The van der Waals surface area contributed by atoms with Crippen LogP contribution < -0.4 is 10.5 Å². The molecule has 0 amide bonds. The average molecular weight is 355 g/mol. The van der Waals surface area contributed by atoms with E-state index in [0.29, 0.717) is 16.7 Å². The summed E-state index contributed by atoms with van der Waals surface area (Å²) in [6.45, 7) is 2.01. The predicted molar refractivity (Wildman–Crippen MR) is 112 cm³/mol. The van der Waals surface area contributed by atoms with Crippen molar-refractivity contribution in [2.24, 2.45) is 0 Å². The van der Waals surface area contributed by atoms with Crippen molar-refractivity contribution >= 4 is 16.6 Å². The molecule has 0 N–H and O–H groups in total. The van der Waals surface area contributed by atoms with Crippen molar-refractivity contribution in [3.05, 3.63) is 88.7 Å². The fourth-order valence-corrected chi connectivity index (χ4v) is 3.27. The Bertz CT molecular complexity index is 1170. The van der Waals surface area contributed by atoms with E-state index in [2.05, 4.69) is 0 Å². The van der Waals surface area contributed by atoms with E-state index < -0.39 is 0 Å². The summed E-state index contributed by atoms with van der Waals surface area (Å²) in [6.07, 6.45) is 0. The molecule has 0 aliphatic rings. The first-order valence-corrected chi connectivity index (χ1v) is 8.92. The van der Waals surface area contributed by atoms with Crippen LogP contribution in [0.25, 0.3) is 28.0 Å². The summed E-state index contributed by atoms with van der Waals surface area (Å²) in [6, 6.07) is 23.5. The molecule has 1 heterocycles. The molecule has 0 saturated carbocycles. The minimum atomic E-state index is -0.0541. The Morgan fingerprint density at radius 2 is 1.52 bits per heavy atom. The van der Waals surface area contributed by atoms with E-state index in [4.69, 9.17) is 4.98 Å². The Labute approximate surface area is 158 Å². The first kappa shape index (κ1) is 17.0. The molecule has 0 atom stereocenters. The second-order valence-corrected chi connectivity index (χ2v) is 6.82. The fraction of sp³-hybridized carbons (Fsp3) is 0.130. The number of hydrogen-bond acceptors (Lipinski definition) is 3. The van der Waals surface area contributed by atoms with Crippen molar-refractivity contribution in [2.75, 3.05) is 19.0 Å². The summed E-state index contributed by atoms with van der Waals surface area (Å²) in [5.74, 6) is 0.651. The van der Waals surface area contributed by atoms with Gasteiger partial charge in [0.05, 0.1) is 16.6 Å². The van der Waals surface area contributed by atoms with Crippen LogP contribution in [0.1, 0.15) is 5.56 Å². The smallest absolute Gasteiger partial charge is 0.266 e. The second kappa shape index (κ2) is 6.72. The first-order valence-electron chi connectivity index (χ1n) is 8.92. The Morgan fingerprint density at radius 3 is 2.22 bits per heavy atom. The van der Waals surface area contributed by atoms with Gasteiger partial charge in [-0.25, -0.2) is 4.98 Å². The standard InChI is InChI=1S/C23H21N3O/c1-16-8-4-7-11-21(16)26-22(17-12-14-18(15-13-17)25(2)3)24-20-10-6-5-9-19(20)23(26)27/h4-15H,1-3H3. The van der Waals surface area contributed by atoms with E-state index >= 15 is 0 Å². The number of aryl methyl sites for hydroxylation is 1. The molecule has 134 valence electrons. The molecule has 0 radical (unpaired) electrons. The van der Waals surface area contributed by atoms with Crippen molar-refractivity contribution < 1.29 is 0 Å². The molecule has 4 rings (SSSR count). The van der Waals surface area contributed by atoms with Gasteiger partial charge in [0, 0.05) is 25.3 Å². The minimum absolute atomic E-state index is 0.0541. The van der Waals surface area contributed by atoms with Crippen LogP contribution in [0.4, 0.5) is 5.69 Å². The lowest BCUT2D eigenvalue weighted by Gasteiger charge is -2.17. The van der Waals surface area contributed by atoms with Crippen molar-refractivity contribution in [3.8, 4) is 17.1 Å². The van der Waals surface area contributed by atoms with Crippen LogP contribution in [-0.4, -0.2) is 23.6 Å². The van der Waals surface area contributed by atoms with Gasteiger partial charge in [0.2, 0.25) is 0 Å². The van der Waals surface area contributed by atoms with E-state index in [-0.39, 0.29) is 5.56 Å². The molecule has 27 heavy (non-hydrogen) atoms. The van der Waals surface area contributed by atoms with Gasteiger partial charge in [0.15, 0.2) is 0 Å². The SMILES string of the molecule is Cc1ccccc1-n1c(-c2ccc(N(C)C)cc2)nc2ccccc2c1=O. The molecule has 0 fully saturated rings. The molecule has 0 bridgehead atoms. The molecule has 0 saturated heterocycles. The normalized spacial score (nSPS) is 10.9. The maximum absolute atomic E-state index is 13.4. The van der Waals surface area contributed by atoms with Crippen LogP contribution in [-0.2, 0) is 0 Å². The summed E-state index contributed by atoms with van der Waals surface area (Å²) in [5.41, 5.74) is 4.55. The summed E-state index contributed by atoms with van der Waals surface area (Å²) in [5, 5.41) is 0.620. The maximum atomic E-state index is 13.4. The highest BCUT2D eigenvalue weighted by Gasteiger charge is 2.15. The van der Waals surface area contributed by atoms with Crippen LogP contribution in [0.2, 0.25) is 0 Å². The van der Waals surface area contributed by atoms with E-state index in [1.54, 1.807) is 4.57 Å². The van der Waals surface area contributed by atoms with Gasteiger partial charge in [0.25, 0.3) is 5.56 Å². The van der Waals surface area contributed by atoms with E-state index in [1.807, 2.05) is 98.7 Å². The fourth-order valence-electron chi connectivity index (χ4n) is 3.27. The third-order valence-electron chi connectivity index (χ3n) is 4.77. The molecule has 4 heteroatoms. The van der Waals surface area contributed by atoms with Gasteiger partial charge in [-0.05, 0) is 55.0 Å². The van der Waals surface area contributed by atoms with Gasteiger partial charge in [-0.3, -0.25) is 9.36 Å². The van der Waals surface area contributed by atoms with Gasteiger partial charge in [-0.2, -0.15) is 0 Å². The summed E-state index contributed by atoms with van der Waals surface area (Å²) >= 11 is 0. The highest BCUT2D eigenvalue weighted by Crippen LogP contribution is 2.25. The summed E-state index contributed by atoms with van der Waals surface area (Å²) in [7, 11) is 4.01. The molecule has 3 aromatic carbocycles. The molecular weight excluding hydrogens is 334 g/mol. The monoisotopic (exact) mass is 355 g/mol. The molecule has 1 aromatic heterocycles. The number of nitrogens with zero attached hydrogens (tertiary/aromatic N) is 3. The quantitative estimate of drug-likeness (QED) is 0.546. The zero-order chi connectivity index (χ0) is 19.0. The van der Waals surface area contributed by atoms with Crippen LogP contribution in [0.3, 0.4) is 0 Å². The molecule has 4 aromatic rings. The molecule has 0 aliphatic carbocycles. The van der Waals surface area contributed by atoms with Gasteiger partial charge < -0.3 is 4.90 Å². The Hall–Kier alpha value is -3.40. The third kappa shape index (κ3) is 2.99. The summed E-state index contributed by atoms with van der Waals surface area (Å²) in [4.78, 5) is 20.3. The van der Waals surface area contributed by atoms with Crippen LogP contribution >= 0.6 is 0 Å². The average Bonchev–Trinajstić information content (AvgIpc) is 2.69. The zero-order valence-corrected chi connectivity index (χ0v) is 15.7. The van der Waals surface area contributed by atoms with Crippen molar-refractivity contribution in [2.45, 2.75) is 6.92 Å². The van der Waals surface area contributed by atoms with Crippen molar-refractivity contribution in [1.29, 1.82) is 0 Å². The number of anilines is 1. The number of hydrogen-bond donors (Lipinski definition) is 0. The van der Waals surface area contributed by atoms with Crippen LogP contribution in [0.5, 0.6) is 0 Å². The van der Waals surface area contributed by atoms with E-state index in [1.165, 1.54) is 0 Å². The summed E-state index contributed by atoms with van der Waals surface area (Å²) < 4.78 is 1.72. The highest BCUT2D eigenvalue weighted by molar-refractivity contribution is 5.80. The number of benzene rings is 3.